The molecular formula is C24H17F4N5O3. The van der Waals surface area contributed by atoms with Gasteiger partial charge in [-0.25, -0.2) is 13.9 Å². The summed E-state index contributed by atoms with van der Waals surface area (Å²) in [5.74, 6) is -1.23. The summed E-state index contributed by atoms with van der Waals surface area (Å²) >= 11 is 0. The number of alkyl halides is 3. The number of nitrogens with one attached hydrogen (secondary N) is 2. The zero-order chi connectivity index (χ0) is 25.4. The Hall–Kier alpha value is -4.48. The van der Waals surface area contributed by atoms with Crippen molar-refractivity contribution in [3.8, 4) is 11.6 Å². The molecule has 0 atom stereocenters. The Kier molecular flexibility index (Phi) is 5.78. The molecule has 0 radical (unpaired) electrons. The van der Waals surface area contributed by atoms with Crippen molar-refractivity contribution in [2.75, 3.05) is 10.6 Å². The Bertz CT molecular complexity index is 1480. The lowest BCUT2D eigenvalue weighted by molar-refractivity contribution is -0.137. The van der Waals surface area contributed by atoms with Crippen molar-refractivity contribution in [3.05, 3.63) is 77.7 Å². The predicted molar refractivity (Wildman–Crippen MR) is 120 cm³/mol. The van der Waals surface area contributed by atoms with Crippen molar-refractivity contribution >= 4 is 29.0 Å². The molecule has 2 aromatic heterocycles. The quantitative estimate of drug-likeness (QED) is 0.352. The molecule has 8 nitrogen and oxygen atoms in total. The predicted octanol–water partition coefficient (Wildman–Crippen LogP) is 5.28. The fourth-order valence-corrected chi connectivity index (χ4v) is 3.37. The minimum Gasteiger partial charge on any atom is -0.438 e. The average molecular weight is 499 g/mol. The summed E-state index contributed by atoms with van der Waals surface area (Å²) in [7, 11) is 0. The summed E-state index contributed by atoms with van der Waals surface area (Å²) in [5.41, 5.74) is -1.11. The Morgan fingerprint density at radius 1 is 1.03 bits per heavy atom. The lowest BCUT2D eigenvalue weighted by atomic mass is 10.1. The second-order valence-electron chi connectivity index (χ2n) is 8.14. The Morgan fingerprint density at radius 3 is 2.58 bits per heavy atom. The molecule has 184 valence electrons. The van der Waals surface area contributed by atoms with Crippen LogP contribution in [0.5, 0.6) is 11.6 Å². The number of ether oxygens (including phenoxy) is 1. The van der Waals surface area contributed by atoms with Gasteiger partial charge in [0, 0.05) is 23.6 Å². The molecule has 2 N–H and O–H groups in total. The number of rotatable bonds is 6. The van der Waals surface area contributed by atoms with Crippen LogP contribution < -0.4 is 15.4 Å². The van der Waals surface area contributed by atoms with Gasteiger partial charge in [0.05, 0.1) is 17.4 Å². The second kappa shape index (κ2) is 8.95. The van der Waals surface area contributed by atoms with E-state index in [9.17, 15) is 27.2 Å². The number of carbonyl (C=O) groups excluding carboxylic acids is 2. The zero-order valence-corrected chi connectivity index (χ0v) is 18.3. The van der Waals surface area contributed by atoms with Crippen LogP contribution in [0.3, 0.4) is 0 Å². The summed E-state index contributed by atoms with van der Waals surface area (Å²) in [6, 6.07) is 10.4. The minimum atomic E-state index is -4.62. The van der Waals surface area contributed by atoms with Crippen molar-refractivity contribution in [2.45, 2.75) is 19.0 Å². The number of carbonyl (C=O) groups is 2. The summed E-state index contributed by atoms with van der Waals surface area (Å²) in [6.45, 7) is 0. The third-order valence-corrected chi connectivity index (χ3v) is 5.36. The number of hydrogen-bond donors (Lipinski definition) is 2. The highest BCUT2D eigenvalue weighted by molar-refractivity contribution is 6.04. The number of hydrogen-bond acceptors (Lipinski definition) is 5. The summed E-state index contributed by atoms with van der Waals surface area (Å²) < 4.78 is 60.2. The van der Waals surface area contributed by atoms with Crippen LogP contribution in [-0.4, -0.2) is 26.4 Å². The van der Waals surface area contributed by atoms with Crippen LogP contribution in [0.15, 0.2) is 60.8 Å². The average Bonchev–Trinajstić information content (AvgIpc) is 3.61. The molecule has 0 unspecified atom stereocenters. The van der Waals surface area contributed by atoms with E-state index >= 15 is 0 Å². The van der Waals surface area contributed by atoms with E-state index in [0.717, 1.165) is 31.0 Å². The molecule has 5 rings (SSSR count). The molecule has 0 aliphatic heterocycles. The van der Waals surface area contributed by atoms with Crippen LogP contribution in [0.2, 0.25) is 0 Å². The van der Waals surface area contributed by atoms with E-state index in [0.29, 0.717) is 17.5 Å². The fourth-order valence-electron chi connectivity index (χ4n) is 3.37. The number of halogens is 4. The summed E-state index contributed by atoms with van der Waals surface area (Å²) in [4.78, 5) is 28.6. The van der Waals surface area contributed by atoms with E-state index in [1.807, 2.05) is 0 Å². The first kappa shape index (κ1) is 23.3. The van der Waals surface area contributed by atoms with E-state index < -0.39 is 23.5 Å². The molecule has 2 aromatic carbocycles. The fraction of sp³-hybridized carbons (Fsp3) is 0.167. The number of aromatic nitrogens is 3. The van der Waals surface area contributed by atoms with Gasteiger partial charge in [0.2, 0.25) is 11.8 Å². The molecule has 2 heterocycles. The molecule has 0 bridgehead atoms. The van der Waals surface area contributed by atoms with Crippen LogP contribution in [0.1, 0.15) is 28.8 Å². The van der Waals surface area contributed by atoms with Gasteiger partial charge in [0.1, 0.15) is 11.6 Å². The van der Waals surface area contributed by atoms with Crippen LogP contribution in [0.4, 0.5) is 29.1 Å². The van der Waals surface area contributed by atoms with Gasteiger partial charge in [0.25, 0.3) is 5.91 Å². The molecule has 12 heteroatoms. The minimum absolute atomic E-state index is 0.0170. The SMILES string of the molecule is O=C(Nc1cc(Oc2ccc3nc(NC(=O)C4CC4)cn3n2)ccc1F)c1cccc(C(F)(F)F)c1. The smallest absolute Gasteiger partial charge is 0.416 e. The van der Waals surface area contributed by atoms with Crippen molar-refractivity contribution in [2.24, 2.45) is 5.92 Å². The monoisotopic (exact) mass is 499 g/mol. The maximum absolute atomic E-state index is 14.3. The Labute approximate surface area is 200 Å². The van der Waals surface area contributed by atoms with Gasteiger partial charge in [-0.2, -0.15) is 13.2 Å². The molecule has 0 spiro atoms. The van der Waals surface area contributed by atoms with Gasteiger partial charge in [-0.15, -0.1) is 5.10 Å². The van der Waals surface area contributed by atoms with Gasteiger partial charge in [-0.3, -0.25) is 9.59 Å². The number of benzene rings is 2. The van der Waals surface area contributed by atoms with Gasteiger partial charge in [-0.1, -0.05) is 6.07 Å². The molecule has 1 saturated carbocycles. The number of fused-ring (bicyclic) bond motifs is 1. The Balaban J connectivity index is 1.31. The lowest BCUT2D eigenvalue weighted by Crippen LogP contribution is -2.14. The number of amides is 2. The molecule has 36 heavy (non-hydrogen) atoms. The van der Waals surface area contributed by atoms with Gasteiger partial charge in [-0.05, 0) is 49.2 Å². The van der Waals surface area contributed by atoms with E-state index in [2.05, 4.69) is 20.7 Å². The maximum Gasteiger partial charge on any atom is 0.416 e. The normalized spacial score (nSPS) is 13.4. The number of nitrogens with zero attached hydrogens (tertiary/aromatic N) is 3. The first-order chi connectivity index (χ1) is 17.2. The van der Waals surface area contributed by atoms with Gasteiger partial charge < -0.3 is 15.4 Å². The van der Waals surface area contributed by atoms with Gasteiger partial charge in [0.15, 0.2) is 11.5 Å². The largest absolute Gasteiger partial charge is 0.438 e. The van der Waals surface area contributed by atoms with Gasteiger partial charge >= 0.3 is 6.18 Å². The highest BCUT2D eigenvalue weighted by Crippen LogP contribution is 2.31. The second-order valence-corrected chi connectivity index (χ2v) is 8.14. The molecule has 4 aromatic rings. The van der Waals surface area contributed by atoms with E-state index in [-0.39, 0.29) is 34.7 Å². The molecule has 1 aliphatic rings. The first-order valence-corrected chi connectivity index (χ1v) is 10.8. The molecule has 0 saturated heterocycles. The lowest BCUT2D eigenvalue weighted by Gasteiger charge is -2.11. The van der Waals surface area contributed by atoms with Crippen molar-refractivity contribution < 1.29 is 31.9 Å². The van der Waals surface area contributed by atoms with Crippen molar-refractivity contribution in [3.63, 3.8) is 0 Å². The number of imidazole rings is 1. The maximum atomic E-state index is 14.3. The van der Waals surface area contributed by atoms with E-state index in [1.165, 1.54) is 35.0 Å². The van der Waals surface area contributed by atoms with Crippen LogP contribution in [0.25, 0.3) is 5.65 Å². The topological polar surface area (TPSA) is 97.6 Å². The Morgan fingerprint density at radius 2 is 1.83 bits per heavy atom. The van der Waals surface area contributed by atoms with Crippen LogP contribution in [0, 0.1) is 11.7 Å². The summed E-state index contributed by atoms with van der Waals surface area (Å²) in [5, 5.41) is 9.23. The van der Waals surface area contributed by atoms with Crippen LogP contribution in [-0.2, 0) is 11.0 Å². The zero-order valence-electron chi connectivity index (χ0n) is 18.3. The van der Waals surface area contributed by atoms with E-state index in [1.54, 1.807) is 6.07 Å². The first-order valence-electron chi connectivity index (χ1n) is 10.8. The highest BCUT2D eigenvalue weighted by Gasteiger charge is 2.31. The van der Waals surface area contributed by atoms with Crippen molar-refractivity contribution in [1.82, 2.24) is 14.6 Å². The third-order valence-electron chi connectivity index (χ3n) is 5.36. The third kappa shape index (κ3) is 5.11. The standard InChI is InChI=1S/C24H17F4N5O3/c25-17-7-6-16(11-18(17)29-23(35)14-2-1-3-15(10-14)24(26,27)28)36-21-9-8-20-30-19(12-33(20)32-21)31-22(34)13-4-5-13/h1-3,6-13H,4-5H2,(H,29,35)(H,31,34). The summed E-state index contributed by atoms with van der Waals surface area (Å²) in [6.07, 6.45) is -1.39. The van der Waals surface area contributed by atoms with Crippen molar-refractivity contribution in [1.29, 1.82) is 0 Å². The highest BCUT2D eigenvalue weighted by atomic mass is 19.4. The van der Waals surface area contributed by atoms with E-state index in [4.69, 9.17) is 4.74 Å². The molecule has 1 aliphatic carbocycles. The van der Waals surface area contributed by atoms with Crippen LogP contribution >= 0.6 is 0 Å². The molecule has 1 fully saturated rings. The molecule has 2 amide bonds. The number of anilines is 2. The molecular weight excluding hydrogens is 482 g/mol.